The molecule has 3 aliphatic rings. The highest BCUT2D eigenvalue weighted by Gasteiger charge is 2.46. The molecule has 2 N–H and O–H groups in total. The second kappa shape index (κ2) is 4.56. The van der Waals surface area contributed by atoms with E-state index in [0.717, 1.165) is 12.2 Å². The molecule has 98 valence electrons. The molecule has 3 fully saturated rings. The van der Waals surface area contributed by atoms with Crippen LogP contribution >= 0.6 is 0 Å². The molecule has 0 radical (unpaired) electrons. The Morgan fingerprint density at radius 1 is 1.39 bits per heavy atom. The molecule has 1 aromatic rings. The van der Waals surface area contributed by atoms with Crippen LogP contribution in [0, 0.1) is 12.8 Å². The van der Waals surface area contributed by atoms with E-state index in [4.69, 9.17) is 0 Å². The van der Waals surface area contributed by atoms with E-state index in [9.17, 15) is 5.11 Å². The van der Waals surface area contributed by atoms with Gasteiger partial charge in [-0.15, -0.1) is 0 Å². The van der Waals surface area contributed by atoms with Crippen LogP contribution in [-0.2, 0) is 0 Å². The predicted octanol–water partition coefficient (Wildman–Crippen LogP) is 1.86. The van der Waals surface area contributed by atoms with E-state index in [1.165, 1.54) is 31.5 Å². The van der Waals surface area contributed by atoms with Crippen LogP contribution in [0.3, 0.4) is 0 Å². The maximum Gasteiger partial charge on any atom is 0.0759 e. The van der Waals surface area contributed by atoms with E-state index in [-0.39, 0.29) is 12.1 Å². The number of hydrogen-bond acceptors (Lipinski definition) is 3. The van der Waals surface area contributed by atoms with Crippen molar-refractivity contribution in [1.82, 2.24) is 4.90 Å². The van der Waals surface area contributed by atoms with Crippen LogP contribution in [0.4, 0.5) is 5.69 Å². The number of piperidine rings is 3. The van der Waals surface area contributed by atoms with Gasteiger partial charge in [0.2, 0.25) is 0 Å². The van der Waals surface area contributed by atoms with Crippen molar-refractivity contribution in [1.29, 1.82) is 0 Å². The number of aliphatic hydroxyl groups is 1. The highest BCUT2D eigenvalue weighted by Crippen LogP contribution is 2.37. The second-order valence-electron chi connectivity index (χ2n) is 5.86. The fraction of sp³-hybridized carbons (Fsp3) is 0.600. The van der Waals surface area contributed by atoms with Crippen LogP contribution in [-0.4, -0.2) is 41.8 Å². The van der Waals surface area contributed by atoms with E-state index in [1.54, 1.807) is 0 Å². The van der Waals surface area contributed by atoms with Crippen LogP contribution in [0.1, 0.15) is 18.4 Å². The van der Waals surface area contributed by atoms with Crippen molar-refractivity contribution in [2.75, 3.05) is 31.6 Å². The van der Waals surface area contributed by atoms with E-state index >= 15 is 0 Å². The van der Waals surface area contributed by atoms with Crippen LogP contribution in [0.15, 0.2) is 24.3 Å². The number of fused-ring (bicyclic) bond motifs is 3. The average Bonchev–Trinajstić information content (AvgIpc) is 2.40. The van der Waals surface area contributed by atoms with Gasteiger partial charge >= 0.3 is 0 Å². The third-order valence-corrected chi connectivity index (χ3v) is 4.57. The summed E-state index contributed by atoms with van der Waals surface area (Å²) in [5.41, 5.74) is 2.26. The Bertz CT molecular complexity index is 426. The third kappa shape index (κ3) is 2.02. The number of nitrogens with zero attached hydrogens (tertiary/aromatic N) is 1. The van der Waals surface area contributed by atoms with Crippen molar-refractivity contribution < 1.29 is 5.11 Å². The first-order valence-electron chi connectivity index (χ1n) is 6.90. The number of nitrogens with one attached hydrogen (secondary N) is 1. The van der Waals surface area contributed by atoms with Crippen molar-refractivity contribution in [2.45, 2.75) is 25.3 Å². The molecule has 3 nitrogen and oxygen atoms in total. The molecular formula is C15H22N2O. The highest BCUT2D eigenvalue weighted by atomic mass is 16.3. The Kier molecular flexibility index (Phi) is 3.04. The molecule has 0 aromatic heterocycles. The number of rotatable bonds is 3. The molecule has 1 atom stereocenters. The Morgan fingerprint density at radius 3 is 2.72 bits per heavy atom. The van der Waals surface area contributed by atoms with Crippen molar-refractivity contribution >= 4 is 5.69 Å². The Labute approximate surface area is 109 Å². The Morgan fingerprint density at radius 2 is 2.17 bits per heavy atom. The Hall–Kier alpha value is -1.06. The first-order valence-corrected chi connectivity index (χ1v) is 6.90. The van der Waals surface area contributed by atoms with Gasteiger partial charge < -0.3 is 15.3 Å². The van der Waals surface area contributed by atoms with Crippen LogP contribution in [0.5, 0.6) is 0 Å². The van der Waals surface area contributed by atoms with Gasteiger partial charge in [-0.25, -0.2) is 0 Å². The zero-order valence-electron chi connectivity index (χ0n) is 11.0. The first kappa shape index (κ1) is 12.0. The van der Waals surface area contributed by atoms with Crippen LogP contribution < -0.4 is 5.32 Å². The van der Waals surface area contributed by atoms with E-state index in [2.05, 4.69) is 41.4 Å². The monoisotopic (exact) mass is 246 g/mol. The lowest BCUT2D eigenvalue weighted by Crippen LogP contribution is -2.64. The number of benzene rings is 1. The van der Waals surface area contributed by atoms with Gasteiger partial charge in [0.1, 0.15) is 0 Å². The lowest BCUT2D eigenvalue weighted by Gasteiger charge is -2.53. The quantitative estimate of drug-likeness (QED) is 0.854. The molecule has 1 aromatic carbocycles. The molecule has 3 saturated heterocycles. The summed E-state index contributed by atoms with van der Waals surface area (Å²) in [7, 11) is 0. The number of hydrogen-bond donors (Lipinski definition) is 2. The maximum atomic E-state index is 9.91. The SMILES string of the molecule is Cc1cccc(NC2(CO)CN3CCC2CC3)c1. The van der Waals surface area contributed by atoms with Gasteiger partial charge in [0.15, 0.2) is 0 Å². The largest absolute Gasteiger partial charge is 0.394 e. The van der Waals surface area contributed by atoms with Gasteiger partial charge in [-0.3, -0.25) is 0 Å². The van der Waals surface area contributed by atoms with Crippen LogP contribution in [0.25, 0.3) is 0 Å². The first-order chi connectivity index (χ1) is 8.72. The van der Waals surface area contributed by atoms with Crippen molar-refractivity contribution in [3.63, 3.8) is 0 Å². The molecule has 0 aliphatic carbocycles. The summed E-state index contributed by atoms with van der Waals surface area (Å²) < 4.78 is 0. The minimum atomic E-state index is -0.135. The summed E-state index contributed by atoms with van der Waals surface area (Å²) in [4.78, 5) is 2.47. The molecule has 3 heterocycles. The van der Waals surface area contributed by atoms with Gasteiger partial charge in [0.05, 0.1) is 12.1 Å². The topological polar surface area (TPSA) is 35.5 Å². The molecule has 2 bridgehead atoms. The highest BCUT2D eigenvalue weighted by molar-refractivity contribution is 5.48. The summed E-state index contributed by atoms with van der Waals surface area (Å²) in [5, 5.41) is 13.5. The molecule has 1 unspecified atom stereocenters. The van der Waals surface area contributed by atoms with Gasteiger partial charge in [0, 0.05) is 12.2 Å². The van der Waals surface area contributed by atoms with Gasteiger partial charge in [-0.05, 0) is 56.5 Å². The lowest BCUT2D eigenvalue weighted by atomic mass is 9.73. The summed E-state index contributed by atoms with van der Waals surface area (Å²) in [6.07, 6.45) is 2.42. The van der Waals surface area contributed by atoms with Crippen molar-refractivity contribution in [3.8, 4) is 0 Å². The van der Waals surface area contributed by atoms with Crippen molar-refractivity contribution in [2.24, 2.45) is 5.92 Å². The molecule has 4 rings (SSSR count). The number of anilines is 1. The van der Waals surface area contributed by atoms with Gasteiger partial charge in [-0.1, -0.05) is 12.1 Å². The molecule has 3 heteroatoms. The number of aliphatic hydroxyl groups excluding tert-OH is 1. The third-order valence-electron chi connectivity index (χ3n) is 4.57. The molecule has 18 heavy (non-hydrogen) atoms. The molecular weight excluding hydrogens is 224 g/mol. The van der Waals surface area contributed by atoms with Gasteiger partial charge in [0.25, 0.3) is 0 Å². The lowest BCUT2D eigenvalue weighted by molar-refractivity contribution is 0.00918. The Balaban J connectivity index is 1.84. The fourth-order valence-electron chi connectivity index (χ4n) is 3.54. The summed E-state index contributed by atoms with van der Waals surface area (Å²) in [6.45, 7) is 5.70. The zero-order valence-corrected chi connectivity index (χ0v) is 11.0. The second-order valence-corrected chi connectivity index (χ2v) is 5.86. The number of aryl methyl sites for hydroxylation is 1. The van der Waals surface area contributed by atoms with E-state index in [0.29, 0.717) is 5.92 Å². The van der Waals surface area contributed by atoms with Gasteiger partial charge in [-0.2, -0.15) is 0 Å². The summed E-state index contributed by atoms with van der Waals surface area (Å²) in [5.74, 6) is 0.605. The molecule has 0 spiro atoms. The standard InChI is InChI=1S/C15H22N2O/c1-12-3-2-4-14(9-12)16-15(11-18)10-17-7-5-13(15)6-8-17/h2-4,9,13,16,18H,5-8,10-11H2,1H3. The molecule has 3 aliphatic heterocycles. The van der Waals surface area contributed by atoms with E-state index < -0.39 is 0 Å². The zero-order chi connectivity index (χ0) is 12.6. The summed E-state index contributed by atoms with van der Waals surface area (Å²) >= 11 is 0. The predicted molar refractivity (Wildman–Crippen MR) is 73.8 cm³/mol. The average molecular weight is 246 g/mol. The van der Waals surface area contributed by atoms with E-state index in [1.807, 2.05) is 0 Å². The minimum Gasteiger partial charge on any atom is -0.394 e. The summed E-state index contributed by atoms with van der Waals surface area (Å²) in [6, 6.07) is 8.44. The van der Waals surface area contributed by atoms with Crippen molar-refractivity contribution in [3.05, 3.63) is 29.8 Å². The minimum absolute atomic E-state index is 0.135. The normalized spacial score (nSPS) is 34.6. The fourth-order valence-corrected chi connectivity index (χ4v) is 3.54. The smallest absolute Gasteiger partial charge is 0.0759 e. The molecule has 0 saturated carbocycles. The van der Waals surface area contributed by atoms with Crippen LogP contribution in [0.2, 0.25) is 0 Å². The molecule has 0 amide bonds. The maximum absolute atomic E-state index is 9.91.